The molecule has 3 aromatic carbocycles. The standard InChI is InChI=1S/C32H33NO6S.Li.H/c1-20-8-5-6-11-24(20)26-19-22(12-13-25(26)31(34)33-27(32(35)36)16-17-40-4)30(38-3)29-15-14-28(39-29)21-9-7-10-23(18-21)37-2;;/h5-15,18-19,27,30H,16-17H2,1-4H3,(H,33,34)(H,35,36);;/q;+1;-1. The number of carboxylic acids is 1. The summed E-state index contributed by atoms with van der Waals surface area (Å²) in [5, 5.41) is 12.4. The SMILES string of the molecule is COc1cccc(-c2ccc(C(OC)c3ccc(C(=O)NC(CCSC)C(=O)O)c(-c4ccccc4C)c3)o2)c1.[H-].[Li+]. The van der Waals surface area contributed by atoms with Gasteiger partial charge < -0.3 is 25.7 Å². The number of hydrogen-bond acceptors (Lipinski definition) is 6. The first-order valence-electron chi connectivity index (χ1n) is 12.9. The molecule has 0 aliphatic rings. The Morgan fingerprint density at radius 1 is 1.00 bits per heavy atom. The van der Waals surface area contributed by atoms with Gasteiger partial charge in [-0.2, -0.15) is 11.8 Å². The molecule has 0 radical (unpaired) electrons. The van der Waals surface area contributed by atoms with Crippen LogP contribution >= 0.6 is 11.8 Å². The number of amides is 1. The van der Waals surface area contributed by atoms with Crippen LogP contribution in [0.4, 0.5) is 0 Å². The molecule has 0 fully saturated rings. The van der Waals surface area contributed by atoms with Gasteiger partial charge in [-0.05, 0) is 84.0 Å². The first kappa shape index (κ1) is 32.1. The number of furan rings is 1. The van der Waals surface area contributed by atoms with Gasteiger partial charge in [-0.3, -0.25) is 4.79 Å². The van der Waals surface area contributed by atoms with Crippen LogP contribution in [0.3, 0.4) is 0 Å². The normalized spacial score (nSPS) is 12.2. The van der Waals surface area contributed by atoms with E-state index in [9.17, 15) is 14.7 Å². The van der Waals surface area contributed by atoms with Gasteiger partial charge in [-0.1, -0.05) is 42.5 Å². The van der Waals surface area contributed by atoms with Crippen LogP contribution < -0.4 is 28.9 Å². The van der Waals surface area contributed by atoms with Crippen molar-refractivity contribution in [3.05, 3.63) is 101 Å². The second-order valence-corrected chi connectivity index (χ2v) is 10.3. The average molecular weight is 568 g/mol. The van der Waals surface area contributed by atoms with E-state index in [0.717, 1.165) is 28.0 Å². The molecule has 4 aromatic rings. The Morgan fingerprint density at radius 2 is 1.78 bits per heavy atom. The van der Waals surface area contributed by atoms with E-state index in [1.54, 1.807) is 20.3 Å². The second kappa shape index (κ2) is 15.0. The Balaban J connectivity index is 0.00000308. The third-order valence-electron chi connectivity index (χ3n) is 6.72. The molecule has 1 heterocycles. The molecule has 41 heavy (non-hydrogen) atoms. The van der Waals surface area contributed by atoms with Crippen molar-refractivity contribution in [2.24, 2.45) is 0 Å². The quantitative estimate of drug-likeness (QED) is 0.252. The maximum Gasteiger partial charge on any atom is 1.00 e. The molecule has 0 spiro atoms. The van der Waals surface area contributed by atoms with Gasteiger partial charge in [-0.25, -0.2) is 4.79 Å². The van der Waals surface area contributed by atoms with Crippen LogP contribution in [0.2, 0.25) is 0 Å². The minimum absolute atomic E-state index is 0. The molecule has 1 amide bonds. The van der Waals surface area contributed by atoms with Crippen molar-refractivity contribution in [2.75, 3.05) is 26.2 Å². The van der Waals surface area contributed by atoms with Gasteiger partial charge in [0.15, 0.2) is 0 Å². The van der Waals surface area contributed by atoms with E-state index >= 15 is 0 Å². The number of carboxylic acid groups (broad SMARTS) is 1. The number of aryl methyl sites for hydroxylation is 1. The van der Waals surface area contributed by atoms with Crippen molar-refractivity contribution in [2.45, 2.75) is 25.5 Å². The molecule has 0 bridgehead atoms. The predicted molar refractivity (Wildman–Crippen MR) is 159 cm³/mol. The summed E-state index contributed by atoms with van der Waals surface area (Å²) in [7, 11) is 3.23. The summed E-state index contributed by atoms with van der Waals surface area (Å²) in [6, 6.07) is 23.6. The van der Waals surface area contributed by atoms with Gasteiger partial charge in [0, 0.05) is 18.2 Å². The Kier molecular flexibility index (Phi) is 11.7. The van der Waals surface area contributed by atoms with Crippen LogP contribution in [-0.4, -0.2) is 49.3 Å². The van der Waals surface area contributed by atoms with E-state index in [0.29, 0.717) is 34.8 Å². The molecule has 0 aliphatic heterocycles. The molecule has 2 N–H and O–H groups in total. The number of aliphatic carboxylic acids is 1. The molecule has 1 aromatic heterocycles. The molecule has 0 aliphatic carbocycles. The summed E-state index contributed by atoms with van der Waals surface area (Å²) in [4.78, 5) is 25.2. The van der Waals surface area contributed by atoms with Crippen molar-refractivity contribution < 1.29 is 48.9 Å². The van der Waals surface area contributed by atoms with Crippen LogP contribution in [0.1, 0.15) is 41.2 Å². The molecular formula is C32H34LiNO6S. The van der Waals surface area contributed by atoms with Gasteiger partial charge in [-0.15, -0.1) is 0 Å². The van der Waals surface area contributed by atoms with E-state index < -0.39 is 24.0 Å². The molecule has 4 rings (SSSR count). The first-order chi connectivity index (χ1) is 19.4. The molecule has 7 nitrogen and oxygen atoms in total. The van der Waals surface area contributed by atoms with Crippen LogP contribution in [0, 0.1) is 6.92 Å². The minimum Gasteiger partial charge on any atom is -1.00 e. The Labute approximate surface area is 258 Å². The summed E-state index contributed by atoms with van der Waals surface area (Å²) >= 11 is 1.54. The number of hydrogen-bond donors (Lipinski definition) is 2. The molecule has 0 saturated heterocycles. The van der Waals surface area contributed by atoms with E-state index in [-0.39, 0.29) is 20.3 Å². The molecular weight excluding hydrogens is 533 g/mol. The monoisotopic (exact) mass is 567 g/mol. The van der Waals surface area contributed by atoms with Crippen molar-refractivity contribution >= 4 is 23.6 Å². The Hall–Kier alpha value is -3.41. The maximum absolute atomic E-state index is 13.4. The number of methoxy groups -OCH3 is 2. The number of thioether (sulfide) groups is 1. The van der Waals surface area contributed by atoms with E-state index in [4.69, 9.17) is 13.9 Å². The van der Waals surface area contributed by atoms with Crippen LogP contribution in [-0.2, 0) is 9.53 Å². The third-order valence-corrected chi connectivity index (χ3v) is 7.36. The van der Waals surface area contributed by atoms with Gasteiger partial charge in [0.05, 0.1) is 7.11 Å². The third kappa shape index (κ3) is 7.66. The maximum atomic E-state index is 13.4. The number of rotatable bonds is 12. The Morgan fingerprint density at radius 3 is 2.46 bits per heavy atom. The zero-order valence-electron chi connectivity index (χ0n) is 25.0. The molecule has 2 atom stereocenters. The smallest absolute Gasteiger partial charge is 1.00 e. The summed E-state index contributed by atoms with van der Waals surface area (Å²) < 4.78 is 17.4. The largest absolute Gasteiger partial charge is 1.00 e. The van der Waals surface area contributed by atoms with Gasteiger partial charge in [0.2, 0.25) is 0 Å². The number of benzene rings is 3. The second-order valence-electron chi connectivity index (χ2n) is 9.32. The van der Waals surface area contributed by atoms with Gasteiger partial charge in [0.1, 0.15) is 29.4 Å². The van der Waals surface area contributed by atoms with Crippen molar-refractivity contribution in [1.29, 1.82) is 0 Å². The first-order valence-corrected chi connectivity index (χ1v) is 14.2. The van der Waals surface area contributed by atoms with Crippen LogP contribution in [0.25, 0.3) is 22.5 Å². The summed E-state index contributed by atoms with van der Waals surface area (Å²) in [5.41, 5.74) is 4.60. The fraction of sp³-hybridized carbons (Fsp3) is 0.250. The number of carbonyl (C=O) groups is 2. The van der Waals surface area contributed by atoms with Crippen molar-refractivity contribution in [1.82, 2.24) is 5.32 Å². The molecule has 210 valence electrons. The van der Waals surface area contributed by atoms with Gasteiger partial charge >= 0.3 is 24.8 Å². The zero-order valence-corrected chi connectivity index (χ0v) is 24.8. The van der Waals surface area contributed by atoms with Crippen LogP contribution in [0.5, 0.6) is 5.75 Å². The fourth-order valence-corrected chi connectivity index (χ4v) is 5.06. The summed E-state index contributed by atoms with van der Waals surface area (Å²) in [6.07, 6.45) is 1.70. The van der Waals surface area contributed by atoms with E-state index in [2.05, 4.69) is 5.32 Å². The van der Waals surface area contributed by atoms with Crippen molar-refractivity contribution in [3.63, 3.8) is 0 Å². The number of carbonyl (C=O) groups excluding carboxylic acids is 1. The fourth-order valence-electron chi connectivity index (χ4n) is 4.59. The van der Waals surface area contributed by atoms with Crippen molar-refractivity contribution in [3.8, 4) is 28.2 Å². The topological polar surface area (TPSA) is 98.0 Å². The molecule has 9 heteroatoms. The van der Waals surface area contributed by atoms with E-state index in [1.165, 1.54) is 11.8 Å². The summed E-state index contributed by atoms with van der Waals surface area (Å²) in [6.45, 7) is 1.98. The van der Waals surface area contributed by atoms with Gasteiger partial charge in [0.25, 0.3) is 5.91 Å². The number of nitrogens with one attached hydrogen (secondary N) is 1. The average Bonchev–Trinajstić information content (AvgIpc) is 3.45. The molecule has 0 saturated carbocycles. The summed E-state index contributed by atoms with van der Waals surface area (Å²) in [5.74, 6) is 1.14. The minimum atomic E-state index is -1.06. The predicted octanol–water partition coefficient (Wildman–Crippen LogP) is 3.72. The Bertz CT molecular complexity index is 1490. The van der Waals surface area contributed by atoms with Crippen LogP contribution in [0.15, 0.2) is 83.3 Å². The number of ether oxygens (including phenoxy) is 2. The van der Waals surface area contributed by atoms with E-state index in [1.807, 2.05) is 86.0 Å². The molecule has 2 unspecified atom stereocenters. The zero-order chi connectivity index (χ0) is 28.6.